The minimum absolute atomic E-state index is 0.0581. The van der Waals surface area contributed by atoms with Gasteiger partial charge in [0.15, 0.2) is 17.3 Å². The van der Waals surface area contributed by atoms with Crippen LogP contribution in [0, 0.1) is 5.92 Å². The molecule has 1 aliphatic carbocycles. The van der Waals surface area contributed by atoms with Crippen molar-refractivity contribution >= 4 is 39.1 Å². The van der Waals surface area contributed by atoms with E-state index in [9.17, 15) is 4.79 Å². The van der Waals surface area contributed by atoms with Gasteiger partial charge in [-0.2, -0.15) is 0 Å². The average Bonchev–Trinajstić information content (AvgIpc) is 3.29. The molecule has 3 heterocycles. The van der Waals surface area contributed by atoms with E-state index in [0.717, 1.165) is 34.0 Å². The third kappa shape index (κ3) is 3.08. The van der Waals surface area contributed by atoms with Crippen LogP contribution in [0.5, 0.6) is 11.5 Å². The molecule has 1 atom stereocenters. The lowest BCUT2D eigenvalue weighted by molar-refractivity contribution is 0.102. The number of thiophene rings is 1. The van der Waals surface area contributed by atoms with Crippen LogP contribution < -0.4 is 9.47 Å². The van der Waals surface area contributed by atoms with Gasteiger partial charge < -0.3 is 9.47 Å². The number of rotatable bonds is 4. The zero-order valence-electron chi connectivity index (χ0n) is 14.9. The van der Waals surface area contributed by atoms with Gasteiger partial charge in [-0.3, -0.25) is 4.79 Å². The maximum atomic E-state index is 12.7. The summed E-state index contributed by atoms with van der Waals surface area (Å²) in [6, 6.07) is 5.34. The van der Waals surface area contributed by atoms with Crippen LogP contribution in [0.1, 0.15) is 34.1 Å². The molecule has 1 aliphatic heterocycles. The fourth-order valence-electron chi connectivity index (χ4n) is 3.64. The van der Waals surface area contributed by atoms with Crippen molar-refractivity contribution in [3.05, 3.63) is 40.5 Å². The van der Waals surface area contributed by atoms with Crippen molar-refractivity contribution in [3.63, 3.8) is 0 Å². The quantitative estimate of drug-likeness (QED) is 0.366. The summed E-state index contributed by atoms with van der Waals surface area (Å²) in [6.45, 7) is 2.52. The van der Waals surface area contributed by atoms with E-state index in [1.54, 1.807) is 35.9 Å². The first-order chi connectivity index (χ1) is 13.2. The molecule has 0 fully saturated rings. The fourth-order valence-corrected chi connectivity index (χ4v) is 5.98. The minimum Gasteiger partial charge on any atom is -0.454 e. The molecule has 1 unspecified atom stereocenters. The zero-order chi connectivity index (χ0) is 18.4. The minimum atomic E-state index is 0.0581. The molecule has 5 rings (SSSR count). The molecule has 7 heteroatoms. The number of carbonyl (C=O) groups excluding carboxylic acids is 1. The maximum absolute atomic E-state index is 12.7. The van der Waals surface area contributed by atoms with Crippen LogP contribution in [0.4, 0.5) is 0 Å². The van der Waals surface area contributed by atoms with Gasteiger partial charge in [0.25, 0.3) is 0 Å². The van der Waals surface area contributed by atoms with Gasteiger partial charge in [0.05, 0.1) is 5.75 Å². The first kappa shape index (κ1) is 17.0. The Morgan fingerprint density at radius 3 is 3.11 bits per heavy atom. The molecular formula is C20H18N2O3S2. The maximum Gasteiger partial charge on any atom is 0.231 e. The predicted octanol–water partition coefficient (Wildman–Crippen LogP) is 4.52. The number of ether oxygens (including phenoxy) is 2. The van der Waals surface area contributed by atoms with Crippen LogP contribution >= 0.6 is 23.1 Å². The van der Waals surface area contributed by atoms with Crippen molar-refractivity contribution < 1.29 is 14.3 Å². The molecule has 2 aromatic heterocycles. The standard InChI is InChI=1S/C20H18N2O3S2/c1-11-2-4-13-17(6-11)27-20-18(13)19(21-9-22-20)26-8-14(23)12-3-5-15-16(7-12)25-10-24-15/h3,5,7,9,11H,2,4,6,8,10H2,1H3. The third-order valence-corrected chi connectivity index (χ3v) is 7.24. The van der Waals surface area contributed by atoms with E-state index in [1.807, 2.05) is 0 Å². The Morgan fingerprint density at radius 1 is 1.30 bits per heavy atom. The van der Waals surface area contributed by atoms with Crippen LogP contribution in [-0.4, -0.2) is 28.3 Å². The topological polar surface area (TPSA) is 61.3 Å². The highest BCUT2D eigenvalue weighted by molar-refractivity contribution is 8.00. The van der Waals surface area contributed by atoms with E-state index in [4.69, 9.17) is 9.47 Å². The highest BCUT2D eigenvalue weighted by Crippen LogP contribution is 2.40. The van der Waals surface area contributed by atoms with Crippen molar-refractivity contribution in [1.29, 1.82) is 0 Å². The Hall–Kier alpha value is -2.12. The van der Waals surface area contributed by atoms with E-state index in [1.165, 1.54) is 28.6 Å². The van der Waals surface area contributed by atoms with E-state index in [-0.39, 0.29) is 12.6 Å². The van der Waals surface area contributed by atoms with Crippen molar-refractivity contribution in [3.8, 4) is 11.5 Å². The SMILES string of the molecule is CC1CCc2c(sc3ncnc(SCC(=O)c4ccc5c(c4)OCO5)c23)C1. The van der Waals surface area contributed by atoms with Gasteiger partial charge in [-0.15, -0.1) is 11.3 Å². The molecule has 0 saturated heterocycles. The van der Waals surface area contributed by atoms with Gasteiger partial charge in [0, 0.05) is 15.8 Å². The molecular weight excluding hydrogens is 380 g/mol. The van der Waals surface area contributed by atoms with Crippen molar-refractivity contribution in [2.75, 3.05) is 12.5 Å². The van der Waals surface area contributed by atoms with Crippen LogP contribution in [-0.2, 0) is 12.8 Å². The summed E-state index contributed by atoms with van der Waals surface area (Å²) in [5, 5.41) is 2.08. The number of nitrogens with zero attached hydrogens (tertiary/aromatic N) is 2. The molecule has 3 aromatic rings. The Bertz CT molecular complexity index is 1050. The van der Waals surface area contributed by atoms with E-state index in [2.05, 4.69) is 16.9 Å². The molecule has 0 radical (unpaired) electrons. The molecule has 27 heavy (non-hydrogen) atoms. The van der Waals surface area contributed by atoms with Crippen molar-refractivity contribution in [2.24, 2.45) is 5.92 Å². The lowest BCUT2D eigenvalue weighted by atomic mass is 9.89. The van der Waals surface area contributed by atoms with Gasteiger partial charge in [0.1, 0.15) is 16.2 Å². The second-order valence-corrected chi connectivity index (χ2v) is 9.04. The summed E-state index contributed by atoms with van der Waals surface area (Å²) in [5.41, 5.74) is 2.03. The summed E-state index contributed by atoms with van der Waals surface area (Å²) >= 11 is 3.28. The van der Waals surface area contributed by atoms with Gasteiger partial charge in [-0.1, -0.05) is 18.7 Å². The largest absolute Gasteiger partial charge is 0.454 e. The summed E-state index contributed by atoms with van der Waals surface area (Å²) in [4.78, 5) is 24.1. The monoisotopic (exact) mass is 398 g/mol. The van der Waals surface area contributed by atoms with E-state index < -0.39 is 0 Å². The number of thioether (sulfide) groups is 1. The third-order valence-electron chi connectivity index (χ3n) is 5.09. The second kappa shape index (κ2) is 6.80. The number of Topliss-reactive ketones (excluding diaryl/α,β-unsaturated/α-hetero) is 1. The molecule has 138 valence electrons. The lowest BCUT2D eigenvalue weighted by Gasteiger charge is -2.18. The number of aryl methyl sites for hydroxylation is 1. The second-order valence-electron chi connectivity index (χ2n) is 6.99. The Labute approximate surface area is 165 Å². The van der Waals surface area contributed by atoms with Crippen LogP contribution in [0.2, 0.25) is 0 Å². The Morgan fingerprint density at radius 2 is 2.19 bits per heavy atom. The number of carbonyl (C=O) groups is 1. The highest BCUT2D eigenvalue weighted by Gasteiger charge is 2.24. The highest BCUT2D eigenvalue weighted by atomic mass is 32.2. The molecule has 2 aliphatic rings. The van der Waals surface area contributed by atoms with Crippen LogP contribution in [0.15, 0.2) is 29.6 Å². The van der Waals surface area contributed by atoms with Crippen LogP contribution in [0.25, 0.3) is 10.2 Å². The first-order valence-corrected chi connectivity index (χ1v) is 10.8. The van der Waals surface area contributed by atoms with Crippen LogP contribution in [0.3, 0.4) is 0 Å². The van der Waals surface area contributed by atoms with Gasteiger partial charge in [0.2, 0.25) is 6.79 Å². The fraction of sp³-hybridized carbons (Fsp3) is 0.350. The number of hydrogen-bond donors (Lipinski definition) is 0. The number of benzene rings is 1. The molecule has 0 N–H and O–H groups in total. The zero-order valence-corrected chi connectivity index (χ0v) is 16.5. The summed E-state index contributed by atoms with van der Waals surface area (Å²) in [5.74, 6) is 2.45. The van der Waals surface area contributed by atoms with Gasteiger partial charge >= 0.3 is 0 Å². The number of hydrogen-bond acceptors (Lipinski definition) is 7. The summed E-state index contributed by atoms with van der Waals surface area (Å²) < 4.78 is 10.7. The number of fused-ring (bicyclic) bond motifs is 4. The normalized spacial score (nSPS) is 17.9. The molecule has 0 spiro atoms. The molecule has 5 nitrogen and oxygen atoms in total. The predicted molar refractivity (Wildman–Crippen MR) is 106 cm³/mol. The van der Waals surface area contributed by atoms with Crippen molar-refractivity contribution in [1.82, 2.24) is 9.97 Å². The molecule has 1 aromatic carbocycles. The smallest absolute Gasteiger partial charge is 0.231 e. The summed E-state index contributed by atoms with van der Waals surface area (Å²) in [6.07, 6.45) is 5.01. The van der Waals surface area contributed by atoms with Gasteiger partial charge in [-0.25, -0.2) is 9.97 Å². The Kier molecular flexibility index (Phi) is 4.28. The molecule has 0 bridgehead atoms. The number of aromatic nitrogens is 2. The van der Waals surface area contributed by atoms with E-state index >= 15 is 0 Å². The average molecular weight is 399 g/mol. The summed E-state index contributed by atoms with van der Waals surface area (Å²) in [7, 11) is 0. The van der Waals surface area contributed by atoms with Crippen molar-refractivity contribution in [2.45, 2.75) is 31.2 Å². The molecule has 0 amide bonds. The number of ketones is 1. The van der Waals surface area contributed by atoms with Gasteiger partial charge in [-0.05, 0) is 48.9 Å². The lowest BCUT2D eigenvalue weighted by Crippen LogP contribution is -2.09. The Balaban J connectivity index is 1.39. The van der Waals surface area contributed by atoms with E-state index in [0.29, 0.717) is 22.8 Å². The first-order valence-electron chi connectivity index (χ1n) is 9.00. The molecule has 0 saturated carbocycles.